The van der Waals surface area contributed by atoms with Crippen LogP contribution in [0.15, 0.2) is 22.7 Å². The van der Waals surface area contributed by atoms with E-state index in [1.165, 1.54) is 0 Å². The molecule has 0 saturated heterocycles. The van der Waals surface area contributed by atoms with E-state index >= 15 is 0 Å². The molecule has 1 aliphatic carbocycles. The zero-order valence-electron chi connectivity index (χ0n) is 12.9. The number of allylic oxidation sites excluding steroid dienone is 2. The monoisotopic (exact) mass is 282 g/mol. The van der Waals surface area contributed by atoms with E-state index in [4.69, 9.17) is 14.2 Å². The van der Waals surface area contributed by atoms with Crippen molar-refractivity contribution in [3.05, 3.63) is 22.7 Å². The third-order valence-electron chi connectivity index (χ3n) is 2.53. The Morgan fingerprint density at radius 2 is 1.55 bits per heavy atom. The average Bonchev–Trinajstić information content (AvgIpc) is 2.35. The quantitative estimate of drug-likeness (QED) is 0.553. The van der Waals surface area contributed by atoms with E-state index in [9.17, 15) is 9.59 Å². The molecule has 0 bridgehead atoms. The highest BCUT2D eigenvalue weighted by atomic mass is 16.5. The highest BCUT2D eigenvalue weighted by Crippen LogP contribution is 2.36. The number of Topliss-reactive ketones (excluding diaryl/α,β-unsaturated/α-hetero) is 1. The summed E-state index contributed by atoms with van der Waals surface area (Å²) in [5.74, 6) is -0.277. The lowest BCUT2D eigenvalue weighted by Gasteiger charge is -2.29. The smallest absolute Gasteiger partial charge is 0.334 e. The maximum atomic E-state index is 12.1. The molecule has 0 aromatic heterocycles. The van der Waals surface area contributed by atoms with Crippen molar-refractivity contribution < 1.29 is 23.8 Å². The first-order valence-corrected chi connectivity index (χ1v) is 6.80. The molecular formula is C15H22O5. The molecule has 0 N–H and O–H groups in total. The van der Waals surface area contributed by atoms with Crippen molar-refractivity contribution in [1.29, 1.82) is 0 Å². The Labute approximate surface area is 119 Å². The highest BCUT2D eigenvalue weighted by molar-refractivity contribution is 6.21. The number of hydrogen-bond acceptors (Lipinski definition) is 5. The number of ketones is 1. The van der Waals surface area contributed by atoms with Crippen LogP contribution in [0.4, 0.5) is 0 Å². The normalized spacial score (nSPS) is 17.3. The van der Waals surface area contributed by atoms with Crippen molar-refractivity contribution in [3.8, 4) is 0 Å². The van der Waals surface area contributed by atoms with Gasteiger partial charge < -0.3 is 14.2 Å². The lowest BCUT2D eigenvalue weighted by Crippen LogP contribution is -2.31. The van der Waals surface area contributed by atoms with Crippen LogP contribution in [0.5, 0.6) is 0 Å². The summed E-state index contributed by atoms with van der Waals surface area (Å²) in [6.45, 7) is 10.9. The van der Waals surface area contributed by atoms with Gasteiger partial charge in [-0.25, -0.2) is 4.79 Å². The molecule has 0 spiro atoms. The fourth-order valence-electron chi connectivity index (χ4n) is 1.74. The summed E-state index contributed by atoms with van der Waals surface area (Å²) in [4.78, 5) is 23.8. The van der Waals surface area contributed by atoms with Crippen molar-refractivity contribution in [2.24, 2.45) is 0 Å². The fraction of sp³-hybridized carbons (Fsp3) is 0.600. The molecule has 0 heterocycles. The van der Waals surface area contributed by atoms with Gasteiger partial charge in [0.25, 0.3) is 0 Å². The van der Waals surface area contributed by atoms with E-state index < -0.39 is 5.97 Å². The minimum atomic E-state index is -0.510. The molecular weight excluding hydrogens is 260 g/mol. The van der Waals surface area contributed by atoms with E-state index in [2.05, 4.69) is 0 Å². The van der Waals surface area contributed by atoms with Crippen LogP contribution in [-0.4, -0.2) is 30.6 Å². The van der Waals surface area contributed by atoms with Crippen LogP contribution in [0.25, 0.3) is 0 Å². The Kier molecular flexibility index (Phi) is 5.36. The second-order valence-corrected chi connectivity index (χ2v) is 5.04. The number of rotatable bonds is 6. The Bertz CT molecular complexity index is 469. The minimum absolute atomic E-state index is 0.117. The molecule has 0 aromatic carbocycles. The third-order valence-corrected chi connectivity index (χ3v) is 2.53. The SMILES string of the molecule is CCOC(=O)/C(C)=C1\C(=O)C(OC(C)C)=C1OC(C)C. The zero-order valence-corrected chi connectivity index (χ0v) is 12.9. The molecule has 0 aliphatic heterocycles. The van der Waals surface area contributed by atoms with Crippen LogP contribution in [0.1, 0.15) is 41.5 Å². The van der Waals surface area contributed by atoms with E-state index in [0.717, 1.165) is 0 Å². The number of carbonyl (C=O) groups excluding carboxylic acids is 2. The van der Waals surface area contributed by atoms with E-state index in [0.29, 0.717) is 5.76 Å². The molecule has 1 aliphatic rings. The maximum absolute atomic E-state index is 12.1. The average molecular weight is 282 g/mol. The maximum Gasteiger partial charge on any atom is 0.334 e. The molecule has 0 saturated carbocycles. The summed E-state index contributed by atoms with van der Waals surface area (Å²) in [6.07, 6.45) is -0.252. The van der Waals surface area contributed by atoms with Gasteiger partial charge in [0, 0.05) is 5.57 Å². The fourth-order valence-corrected chi connectivity index (χ4v) is 1.74. The predicted octanol–water partition coefficient (Wildman–Crippen LogP) is 2.51. The van der Waals surface area contributed by atoms with Gasteiger partial charge >= 0.3 is 5.97 Å². The van der Waals surface area contributed by atoms with Crippen molar-refractivity contribution in [2.45, 2.75) is 53.8 Å². The van der Waals surface area contributed by atoms with Crippen LogP contribution in [0.2, 0.25) is 0 Å². The largest absolute Gasteiger partial charge is 0.486 e. The summed E-state index contributed by atoms with van der Waals surface area (Å²) in [5, 5.41) is 0. The van der Waals surface area contributed by atoms with Gasteiger partial charge in [-0.3, -0.25) is 4.79 Å². The molecule has 0 fully saturated rings. The van der Waals surface area contributed by atoms with Crippen LogP contribution >= 0.6 is 0 Å². The van der Waals surface area contributed by atoms with Gasteiger partial charge in [-0.2, -0.15) is 0 Å². The number of ether oxygens (including phenoxy) is 3. The summed E-state index contributed by atoms with van der Waals surface area (Å²) < 4.78 is 16.0. The zero-order chi connectivity index (χ0) is 15.4. The summed E-state index contributed by atoms with van der Waals surface area (Å²) in [7, 11) is 0. The van der Waals surface area contributed by atoms with Gasteiger partial charge in [0.1, 0.15) is 0 Å². The molecule has 0 unspecified atom stereocenters. The van der Waals surface area contributed by atoms with Crippen LogP contribution in [0.3, 0.4) is 0 Å². The molecule has 5 nitrogen and oxygen atoms in total. The van der Waals surface area contributed by atoms with Crippen molar-refractivity contribution >= 4 is 11.8 Å². The summed E-state index contributed by atoms with van der Waals surface area (Å²) >= 11 is 0. The first kappa shape index (κ1) is 16.3. The molecule has 1 rings (SSSR count). The van der Waals surface area contributed by atoms with Crippen LogP contribution < -0.4 is 0 Å². The van der Waals surface area contributed by atoms with Gasteiger partial charge in [0.15, 0.2) is 5.76 Å². The first-order valence-electron chi connectivity index (χ1n) is 6.80. The Hall–Kier alpha value is -1.78. The molecule has 0 aromatic rings. The Morgan fingerprint density at radius 1 is 1.05 bits per heavy atom. The second kappa shape index (κ2) is 6.59. The number of hydrogen-bond donors (Lipinski definition) is 0. The van der Waals surface area contributed by atoms with Gasteiger partial charge in [-0.1, -0.05) is 0 Å². The summed E-state index contributed by atoms with van der Waals surface area (Å²) in [6, 6.07) is 0. The Morgan fingerprint density at radius 3 is 2.00 bits per heavy atom. The molecule has 112 valence electrons. The van der Waals surface area contributed by atoms with Crippen molar-refractivity contribution in [1.82, 2.24) is 0 Å². The summed E-state index contributed by atoms with van der Waals surface area (Å²) in [5.41, 5.74) is 0.511. The number of esters is 1. The topological polar surface area (TPSA) is 61.8 Å². The van der Waals surface area contributed by atoms with Crippen LogP contribution in [0, 0.1) is 0 Å². The standard InChI is InChI=1S/C15H22O5/c1-7-18-15(17)10(6)11-12(16)14(20-9(4)5)13(11)19-8(2)3/h8-9H,7H2,1-6H3/b11-10+. The highest BCUT2D eigenvalue weighted by Gasteiger charge is 2.41. The van der Waals surface area contributed by atoms with Gasteiger partial charge in [-0.15, -0.1) is 0 Å². The van der Waals surface area contributed by atoms with Crippen molar-refractivity contribution in [2.75, 3.05) is 6.61 Å². The van der Waals surface area contributed by atoms with Gasteiger partial charge in [0.05, 0.1) is 24.4 Å². The predicted molar refractivity (Wildman–Crippen MR) is 73.8 cm³/mol. The van der Waals surface area contributed by atoms with Gasteiger partial charge in [0.2, 0.25) is 11.5 Å². The van der Waals surface area contributed by atoms with Crippen molar-refractivity contribution in [3.63, 3.8) is 0 Å². The Balaban J connectivity index is 3.15. The van der Waals surface area contributed by atoms with E-state index in [1.54, 1.807) is 13.8 Å². The van der Waals surface area contributed by atoms with Gasteiger partial charge in [-0.05, 0) is 41.5 Å². The molecule has 0 radical (unpaired) electrons. The molecule has 0 amide bonds. The number of carbonyl (C=O) groups is 2. The lowest BCUT2D eigenvalue weighted by molar-refractivity contribution is -0.139. The van der Waals surface area contributed by atoms with E-state index in [-0.39, 0.29) is 41.5 Å². The second-order valence-electron chi connectivity index (χ2n) is 5.04. The first-order chi connectivity index (χ1) is 9.29. The van der Waals surface area contributed by atoms with Crippen LogP contribution in [-0.2, 0) is 23.8 Å². The minimum Gasteiger partial charge on any atom is -0.486 e. The molecule has 20 heavy (non-hydrogen) atoms. The lowest BCUT2D eigenvalue weighted by atomic mass is 9.90. The molecule has 5 heteroatoms. The molecule has 0 atom stereocenters. The third kappa shape index (κ3) is 3.40. The van der Waals surface area contributed by atoms with E-state index in [1.807, 2.05) is 27.7 Å².